The van der Waals surface area contributed by atoms with Crippen molar-refractivity contribution >= 4 is 19.5 Å². The fraction of sp³-hybridized carbons (Fsp3) is 0.333. The molecule has 0 radical (unpaired) electrons. The lowest BCUT2D eigenvalue weighted by Crippen LogP contribution is -2.10. The van der Waals surface area contributed by atoms with Gasteiger partial charge in [-0.3, -0.25) is 14.1 Å². The van der Waals surface area contributed by atoms with Crippen LogP contribution in [0.3, 0.4) is 0 Å². The highest BCUT2D eigenvalue weighted by Crippen LogP contribution is 2.35. The maximum atomic E-state index is 10.4. The molecule has 0 aromatic carbocycles. The summed E-state index contributed by atoms with van der Waals surface area (Å²) in [6, 6.07) is 0. The molecule has 17 heavy (non-hydrogen) atoms. The highest BCUT2D eigenvalue weighted by atomic mass is 31.2. The Balaban J connectivity index is 0. The molecule has 0 aromatic rings. The molecular formula is C9H16NO6P. The molecule has 0 aromatic heterocycles. The van der Waals surface area contributed by atoms with Crippen LogP contribution in [0.1, 0.15) is 13.3 Å². The number of hydrogen-bond donors (Lipinski definition) is 3. The summed E-state index contributed by atoms with van der Waals surface area (Å²) >= 11 is 0. The number of rotatable bonds is 6. The summed E-state index contributed by atoms with van der Waals surface area (Å²) in [5.74, 6) is -0.386. The second-order valence-corrected chi connectivity index (χ2v) is 3.89. The van der Waals surface area contributed by atoms with Crippen LogP contribution in [0.2, 0.25) is 0 Å². The molecule has 1 amide bonds. The van der Waals surface area contributed by atoms with E-state index in [1.807, 2.05) is 0 Å². The van der Waals surface area contributed by atoms with E-state index in [2.05, 4.69) is 23.0 Å². The molecule has 0 saturated carbocycles. The first-order chi connectivity index (χ1) is 7.72. The van der Waals surface area contributed by atoms with Gasteiger partial charge in [-0.15, -0.1) is 0 Å². The number of nitrogens with one attached hydrogen (secondary N) is 1. The van der Waals surface area contributed by atoms with E-state index >= 15 is 0 Å². The summed E-state index contributed by atoms with van der Waals surface area (Å²) in [5.41, 5.74) is 0. The van der Waals surface area contributed by atoms with E-state index in [4.69, 9.17) is 9.79 Å². The predicted molar refractivity (Wildman–Crippen MR) is 61.8 cm³/mol. The number of carbonyl (C=O) groups is 2. The summed E-state index contributed by atoms with van der Waals surface area (Å²) in [7, 11) is -4.42. The van der Waals surface area contributed by atoms with Crippen LogP contribution in [0, 0.1) is 0 Å². The zero-order chi connectivity index (χ0) is 13.9. The largest absolute Gasteiger partial charge is 0.469 e. The molecule has 7 nitrogen and oxygen atoms in total. The van der Waals surface area contributed by atoms with Gasteiger partial charge in [-0.1, -0.05) is 13.2 Å². The maximum absolute atomic E-state index is 10.4. The SMILES string of the molecule is C=CC(=O)CCOP(=O)(O)O.C=CNC(C)=O. The number of allylic oxidation sites excluding steroid dienone is 1. The van der Waals surface area contributed by atoms with E-state index in [9.17, 15) is 14.2 Å². The molecule has 0 aliphatic rings. The number of phosphoric ester groups is 1. The third-order valence-corrected chi connectivity index (χ3v) is 1.66. The Bertz CT molecular complexity index is 321. The Kier molecular flexibility index (Phi) is 10.6. The maximum Gasteiger partial charge on any atom is 0.469 e. The molecule has 0 unspecified atom stereocenters. The molecule has 98 valence electrons. The second-order valence-electron chi connectivity index (χ2n) is 2.65. The van der Waals surface area contributed by atoms with Crippen LogP contribution in [-0.2, 0) is 18.7 Å². The van der Waals surface area contributed by atoms with Gasteiger partial charge < -0.3 is 15.1 Å². The van der Waals surface area contributed by atoms with E-state index in [1.165, 1.54) is 13.1 Å². The average molecular weight is 265 g/mol. The molecule has 8 heteroatoms. The normalized spacial score (nSPS) is 9.59. The number of ketones is 1. The molecule has 3 N–H and O–H groups in total. The molecule has 0 aliphatic carbocycles. The lowest BCUT2D eigenvalue weighted by molar-refractivity contribution is -0.118. The van der Waals surface area contributed by atoms with Crippen molar-refractivity contribution in [2.45, 2.75) is 13.3 Å². The molecule has 0 bridgehead atoms. The minimum atomic E-state index is -4.42. The van der Waals surface area contributed by atoms with Gasteiger partial charge in [-0.2, -0.15) is 0 Å². The molecular weight excluding hydrogens is 249 g/mol. The van der Waals surface area contributed by atoms with E-state index in [-0.39, 0.29) is 24.7 Å². The van der Waals surface area contributed by atoms with Crippen molar-refractivity contribution in [3.8, 4) is 0 Å². The topological polar surface area (TPSA) is 113 Å². The first kappa shape index (κ1) is 18.1. The predicted octanol–water partition coefficient (Wildman–Crippen LogP) is 0.507. The van der Waals surface area contributed by atoms with E-state index in [0.717, 1.165) is 6.08 Å². The summed E-state index contributed by atoms with van der Waals surface area (Å²) in [6.45, 7) is 7.60. The van der Waals surface area contributed by atoms with E-state index in [1.54, 1.807) is 0 Å². The van der Waals surface area contributed by atoms with Crippen LogP contribution in [0.25, 0.3) is 0 Å². The number of carbonyl (C=O) groups excluding carboxylic acids is 2. The first-order valence-corrected chi connectivity index (χ1v) is 5.99. The number of hydrogen-bond acceptors (Lipinski definition) is 4. The van der Waals surface area contributed by atoms with Crippen molar-refractivity contribution in [2.75, 3.05) is 6.61 Å². The monoisotopic (exact) mass is 265 g/mol. The highest BCUT2D eigenvalue weighted by Gasteiger charge is 2.13. The standard InChI is InChI=1S/C5H9O5P.C4H7NO/c1-2-5(6)3-4-10-11(7,8)9;1-3-5-4(2)6/h2H,1,3-4H2,(H2,7,8,9);3H,1H2,2H3,(H,5,6). The van der Waals surface area contributed by atoms with Crippen LogP contribution in [0.4, 0.5) is 0 Å². The minimum absolute atomic E-state index is 0.0609. The van der Waals surface area contributed by atoms with Gasteiger partial charge in [0.1, 0.15) is 0 Å². The molecule has 0 fully saturated rings. The molecule has 0 rings (SSSR count). The van der Waals surface area contributed by atoms with Gasteiger partial charge in [0.15, 0.2) is 5.78 Å². The molecule has 0 atom stereocenters. The van der Waals surface area contributed by atoms with Crippen molar-refractivity contribution in [2.24, 2.45) is 0 Å². The van der Waals surface area contributed by atoms with Crippen LogP contribution in [-0.4, -0.2) is 28.1 Å². The zero-order valence-electron chi connectivity index (χ0n) is 9.46. The Morgan fingerprint density at radius 1 is 1.41 bits per heavy atom. The smallest absolute Gasteiger partial charge is 0.334 e. The quantitative estimate of drug-likeness (QED) is 0.476. The third kappa shape index (κ3) is 20.7. The van der Waals surface area contributed by atoms with Gasteiger partial charge in [0.2, 0.25) is 5.91 Å². The van der Waals surface area contributed by atoms with Crippen molar-refractivity contribution in [1.29, 1.82) is 0 Å². The third-order valence-electron chi connectivity index (χ3n) is 1.14. The van der Waals surface area contributed by atoms with Gasteiger partial charge in [-0.05, 0) is 12.3 Å². The van der Waals surface area contributed by atoms with Crippen molar-refractivity contribution in [3.63, 3.8) is 0 Å². The van der Waals surface area contributed by atoms with E-state index in [0.29, 0.717) is 0 Å². The van der Waals surface area contributed by atoms with Crippen LogP contribution in [0.5, 0.6) is 0 Å². The summed E-state index contributed by atoms with van der Waals surface area (Å²) in [5, 5.41) is 2.33. The van der Waals surface area contributed by atoms with Crippen molar-refractivity contribution < 1.29 is 28.5 Å². The molecule has 0 heterocycles. The summed E-state index contributed by atoms with van der Waals surface area (Å²) in [4.78, 5) is 36.6. The Labute approximate surface area is 99.4 Å². The first-order valence-electron chi connectivity index (χ1n) is 4.46. The molecule has 0 aliphatic heterocycles. The Morgan fingerprint density at radius 3 is 2.18 bits per heavy atom. The number of phosphoric acid groups is 1. The van der Waals surface area contributed by atoms with E-state index < -0.39 is 7.82 Å². The van der Waals surface area contributed by atoms with Gasteiger partial charge in [0, 0.05) is 13.3 Å². The van der Waals surface area contributed by atoms with Crippen molar-refractivity contribution in [3.05, 3.63) is 25.4 Å². The minimum Gasteiger partial charge on any atom is -0.334 e. The molecule has 0 saturated heterocycles. The molecule has 0 spiro atoms. The number of amides is 1. The Hall–Kier alpha value is -1.27. The highest BCUT2D eigenvalue weighted by molar-refractivity contribution is 7.46. The van der Waals surface area contributed by atoms with Crippen LogP contribution >= 0.6 is 7.82 Å². The van der Waals surface area contributed by atoms with Crippen LogP contribution < -0.4 is 5.32 Å². The fourth-order valence-corrected chi connectivity index (χ4v) is 0.840. The van der Waals surface area contributed by atoms with Gasteiger partial charge in [0.25, 0.3) is 0 Å². The van der Waals surface area contributed by atoms with Crippen molar-refractivity contribution in [1.82, 2.24) is 5.32 Å². The van der Waals surface area contributed by atoms with Crippen LogP contribution in [0.15, 0.2) is 25.4 Å². The Morgan fingerprint density at radius 2 is 1.94 bits per heavy atom. The van der Waals surface area contributed by atoms with Gasteiger partial charge in [0.05, 0.1) is 6.61 Å². The summed E-state index contributed by atoms with van der Waals surface area (Å²) < 4.78 is 14.0. The van der Waals surface area contributed by atoms with Gasteiger partial charge in [-0.25, -0.2) is 4.57 Å². The van der Waals surface area contributed by atoms with Gasteiger partial charge >= 0.3 is 7.82 Å². The summed E-state index contributed by atoms with van der Waals surface area (Å²) in [6.07, 6.45) is 2.36. The fourth-order valence-electron chi connectivity index (χ4n) is 0.511. The lowest BCUT2D eigenvalue weighted by Gasteiger charge is -2.01. The lowest BCUT2D eigenvalue weighted by atomic mass is 10.3. The zero-order valence-corrected chi connectivity index (χ0v) is 10.4. The average Bonchev–Trinajstić information content (AvgIpc) is 2.16. The second kappa shape index (κ2) is 9.92.